The number of fused-ring (bicyclic) bond motifs is 2. The van der Waals surface area contributed by atoms with Gasteiger partial charge in [0.25, 0.3) is 5.91 Å². The molecule has 0 saturated carbocycles. The lowest BCUT2D eigenvalue weighted by atomic mass is 10.0. The van der Waals surface area contributed by atoms with Crippen molar-refractivity contribution in [3.8, 4) is 0 Å². The maximum absolute atomic E-state index is 13.3. The van der Waals surface area contributed by atoms with E-state index in [9.17, 15) is 9.18 Å². The van der Waals surface area contributed by atoms with Gasteiger partial charge in [0.15, 0.2) is 0 Å². The number of aromatic nitrogens is 1. The zero-order chi connectivity index (χ0) is 16.7. The lowest BCUT2D eigenvalue weighted by Gasteiger charge is -2.18. The summed E-state index contributed by atoms with van der Waals surface area (Å²) < 4.78 is 18.7. The highest BCUT2D eigenvalue weighted by Gasteiger charge is 2.21. The third-order valence-corrected chi connectivity index (χ3v) is 4.40. The van der Waals surface area contributed by atoms with Crippen LogP contribution in [0.5, 0.6) is 0 Å². The minimum Gasteiger partial charge on any atom is -0.372 e. The molecule has 0 fully saturated rings. The van der Waals surface area contributed by atoms with Gasteiger partial charge in [-0.05, 0) is 41.5 Å². The van der Waals surface area contributed by atoms with E-state index in [2.05, 4.69) is 4.98 Å². The van der Waals surface area contributed by atoms with E-state index < -0.39 is 0 Å². The molecule has 122 valence electrons. The van der Waals surface area contributed by atoms with E-state index in [1.54, 1.807) is 18.0 Å². The number of benzene rings is 2. The van der Waals surface area contributed by atoms with Gasteiger partial charge >= 0.3 is 0 Å². The molecule has 0 bridgehead atoms. The minimum absolute atomic E-state index is 0.0396. The largest absolute Gasteiger partial charge is 0.372 e. The number of halogens is 1. The Labute approximate surface area is 138 Å². The molecule has 24 heavy (non-hydrogen) atoms. The molecule has 3 aromatic rings. The molecular formula is C19H17FN2O2. The van der Waals surface area contributed by atoms with Crippen LogP contribution < -0.4 is 0 Å². The summed E-state index contributed by atoms with van der Waals surface area (Å²) in [6.45, 7) is 1.48. The molecule has 1 N–H and O–H groups in total. The van der Waals surface area contributed by atoms with Gasteiger partial charge < -0.3 is 14.6 Å². The molecule has 1 aliphatic rings. The number of H-pyrrole nitrogens is 1. The normalized spacial score (nSPS) is 13.2. The molecule has 1 aromatic heterocycles. The summed E-state index contributed by atoms with van der Waals surface area (Å²) in [6, 6.07) is 12.2. The van der Waals surface area contributed by atoms with E-state index >= 15 is 0 Å². The summed E-state index contributed by atoms with van der Waals surface area (Å²) in [5, 5.41) is 0.805. The topological polar surface area (TPSA) is 45.3 Å². The van der Waals surface area contributed by atoms with Gasteiger partial charge in [-0.15, -0.1) is 0 Å². The van der Waals surface area contributed by atoms with Gasteiger partial charge in [0, 0.05) is 29.2 Å². The van der Waals surface area contributed by atoms with Crippen molar-refractivity contribution < 1.29 is 13.9 Å². The first-order valence-electron chi connectivity index (χ1n) is 7.83. The molecule has 2 aromatic carbocycles. The second kappa shape index (κ2) is 5.76. The maximum atomic E-state index is 13.3. The minimum atomic E-state index is -0.266. The molecule has 2 heterocycles. The van der Waals surface area contributed by atoms with Crippen LogP contribution in [0.4, 0.5) is 4.39 Å². The number of hydrogen-bond acceptors (Lipinski definition) is 2. The Bertz CT molecular complexity index is 932. The molecule has 1 aliphatic heterocycles. The fraction of sp³-hybridized carbons (Fsp3) is 0.211. The molecule has 0 aliphatic carbocycles. The standard InChI is InChI=1S/C19H17FN2O2/c1-22(9-15-8-13-7-14(20)5-6-18(13)21-15)19(23)16-4-2-3-12-10-24-11-17(12)16/h2-8,21H,9-11H2,1H3. The molecule has 0 atom stereocenters. The SMILES string of the molecule is CN(Cc1cc2cc(F)ccc2[nH]1)C(=O)c1cccc2c1COC2. The number of ether oxygens (including phenoxy) is 1. The maximum Gasteiger partial charge on any atom is 0.254 e. The van der Waals surface area contributed by atoms with E-state index in [1.165, 1.54) is 12.1 Å². The van der Waals surface area contributed by atoms with Crippen molar-refractivity contribution in [2.75, 3.05) is 7.05 Å². The van der Waals surface area contributed by atoms with E-state index in [0.29, 0.717) is 25.3 Å². The molecule has 0 radical (unpaired) electrons. The number of amides is 1. The van der Waals surface area contributed by atoms with Gasteiger partial charge in [0.2, 0.25) is 0 Å². The van der Waals surface area contributed by atoms with Crippen molar-refractivity contribution in [1.82, 2.24) is 9.88 Å². The van der Waals surface area contributed by atoms with Crippen LogP contribution in [0.15, 0.2) is 42.5 Å². The zero-order valence-corrected chi connectivity index (χ0v) is 13.3. The lowest BCUT2D eigenvalue weighted by Crippen LogP contribution is -2.27. The monoisotopic (exact) mass is 324 g/mol. The van der Waals surface area contributed by atoms with Crippen molar-refractivity contribution >= 4 is 16.8 Å². The Morgan fingerprint density at radius 2 is 2.12 bits per heavy atom. The second-order valence-corrected chi connectivity index (χ2v) is 6.12. The van der Waals surface area contributed by atoms with Crippen LogP contribution in [0.3, 0.4) is 0 Å². The van der Waals surface area contributed by atoms with Crippen LogP contribution in [-0.4, -0.2) is 22.8 Å². The Kier molecular flexibility index (Phi) is 3.58. The van der Waals surface area contributed by atoms with Crippen molar-refractivity contribution in [2.45, 2.75) is 19.8 Å². The van der Waals surface area contributed by atoms with E-state index in [1.807, 2.05) is 24.3 Å². The third kappa shape index (κ3) is 2.57. The number of nitrogens with zero attached hydrogens (tertiary/aromatic N) is 1. The van der Waals surface area contributed by atoms with Crippen molar-refractivity contribution in [2.24, 2.45) is 0 Å². The van der Waals surface area contributed by atoms with Crippen LogP contribution in [0.2, 0.25) is 0 Å². The highest BCUT2D eigenvalue weighted by atomic mass is 19.1. The zero-order valence-electron chi connectivity index (χ0n) is 13.3. The van der Waals surface area contributed by atoms with Crippen molar-refractivity contribution in [3.63, 3.8) is 0 Å². The fourth-order valence-corrected chi connectivity index (χ4v) is 3.19. The van der Waals surface area contributed by atoms with Crippen LogP contribution >= 0.6 is 0 Å². The van der Waals surface area contributed by atoms with E-state index in [0.717, 1.165) is 27.7 Å². The van der Waals surface area contributed by atoms with E-state index in [4.69, 9.17) is 4.74 Å². The fourth-order valence-electron chi connectivity index (χ4n) is 3.19. The van der Waals surface area contributed by atoms with Crippen LogP contribution in [0, 0.1) is 5.82 Å². The molecule has 1 amide bonds. The highest BCUT2D eigenvalue weighted by molar-refractivity contribution is 5.96. The van der Waals surface area contributed by atoms with Crippen LogP contribution in [0.1, 0.15) is 27.2 Å². The number of nitrogens with one attached hydrogen (secondary N) is 1. The summed E-state index contributed by atoms with van der Waals surface area (Å²) in [7, 11) is 1.77. The Balaban J connectivity index is 1.58. The molecule has 4 rings (SSSR count). The van der Waals surface area contributed by atoms with Gasteiger partial charge in [-0.2, -0.15) is 0 Å². The average Bonchev–Trinajstić information content (AvgIpc) is 3.19. The predicted octanol–water partition coefficient (Wildman–Crippen LogP) is 3.61. The molecule has 0 saturated heterocycles. The van der Waals surface area contributed by atoms with Gasteiger partial charge in [0.05, 0.1) is 19.8 Å². The summed E-state index contributed by atoms with van der Waals surface area (Å²) in [4.78, 5) is 17.7. The quantitative estimate of drug-likeness (QED) is 0.800. The summed E-state index contributed by atoms with van der Waals surface area (Å²) in [6.07, 6.45) is 0. The predicted molar refractivity (Wildman–Crippen MR) is 89.0 cm³/mol. The first kappa shape index (κ1) is 14.9. The van der Waals surface area contributed by atoms with Gasteiger partial charge in [-0.25, -0.2) is 4.39 Å². The number of carbonyl (C=O) groups is 1. The second-order valence-electron chi connectivity index (χ2n) is 6.12. The van der Waals surface area contributed by atoms with Crippen molar-refractivity contribution in [3.05, 3.63) is 70.7 Å². The Morgan fingerprint density at radius 1 is 1.25 bits per heavy atom. The molecule has 5 heteroatoms. The Morgan fingerprint density at radius 3 is 3.00 bits per heavy atom. The average molecular weight is 324 g/mol. The summed E-state index contributed by atoms with van der Waals surface area (Å²) in [5.41, 5.74) is 4.48. The van der Waals surface area contributed by atoms with Crippen molar-refractivity contribution in [1.29, 1.82) is 0 Å². The highest BCUT2D eigenvalue weighted by Crippen LogP contribution is 2.25. The van der Waals surface area contributed by atoms with Gasteiger partial charge in [-0.1, -0.05) is 12.1 Å². The van der Waals surface area contributed by atoms with Gasteiger partial charge in [0.1, 0.15) is 5.82 Å². The molecule has 0 unspecified atom stereocenters. The number of hydrogen-bond donors (Lipinski definition) is 1. The first-order chi connectivity index (χ1) is 11.6. The smallest absolute Gasteiger partial charge is 0.254 e. The number of aromatic amines is 1. The summed E-state index contributed by atoms with van der Waals surface area (Å²) >= 11 is 0. The van der Waals surface area contributed by atoms with Crippen LogP contribution in [0.25, 0.3) is 10.9 Å². The summed E-state index contributed by atoms with van der Waals surface area (Å²) in [5.74, 6) is -0.306. The first-order valence-corrected chi connectivity index (χ1v) is 7.83. The number of carbonyl (C=O) groups excluding carboxylic acids is 1. The van der Waals surface area contributed by atoms with Crippen LogP contribution in [-0.2, 0) is 24.5 Å². The third-order valence-electron chi connectivity index (χ3n) is 4.40. The van der Waals surface area contributed by atoms with Gasteiger partial charge in [-0.3, -0.25) is 4.79 Å². The Hall–Kier alpha value is -2.66. The van der Waals surface area contributed by atoms with E-state index in [-0.39, 0.29) is 11.7 Å². The molecule has 0 spiro atoms. The molecule has 4 nitrogen and oxygen atoms in total. The lowest BCUT2D eigenvalue weighted by molar-refractivity contribution is 0.0779. The number of rotatable bonds is 3. The molecular weight excluding hydrogens is 307 g/mol.